The van der Waals surface area contributed by atoms with Gasteiger partial charge in [0, 0.05) is 5.69 Å². The van der Waals surface area contributed by atoms with Crippen molar-refractivity contribution < 1.29 is 14.1 Å². The molecule has 1 fully saturated rings. The lowest BCUT2D eigenvalue weighted by molar-refractivity contribution is -0.115. The molecule has 0 aromatic heterocycles. The molecule has 1 N–H and O–H groups in total. The fraction of sp³-hybridized carbons (Fsp3) is 0.467. The average Bonchev–Trinajstić information content (AvgIpc) is 2.59. The third-order valence-electron chi connectivity index (χ3n) is 3.94. The van der Waals surface area contributed by atoms with Crippen LogP contribution >= 0.6 is 0 Å². The minimum atomic E-state index is -0.470. The van der Waals surface area contributed by atoms with Gasteiger partial charge in [-0.1, -0.05) is 12.1 Å². The maximum absolute atomic E-state index is 11.5. The van der Waals surface area contributed by atoms with Crippen LogP contribution in [0, 0.1) is 11.3 Å². The molecule has 1 aliphatic rings. The van der Waals surface area contributed by atoms with E-state index in [2.05, 4.69) is 5.32 Å². The molecule has 1 aliphatic heterocycles. The Kier molecular flexibility index (Phi) is 4.08. The predicted molar refractivity (Wildman–Crippen MR) is 81.0 cm³/mol. The van der Waals surface area contributed by atoms with Crippen molar-refractivity contribution in [3.05, 3.63) is 24.3 Å². The van der Waals surface area contributed by atoms with E-state index in [0.717, 1.165) is 5.46 Å². The third kappa shape index (κ3) is 3.26. The highest BCUT2D eigenvalue weighted by molar-refractivity contribution is 6.62. The molecule has 0 radical (unpaired) electrons. The zero-order chi connectivity index (χ0) is 15.7. The summed E-state index contributed by atoms with van der Waals surface area (Å²) >= 11 is 0. The van der Waals surface area contributed by atoms with E-state index in [0.29, 0.717) is 5.69 Å². The van der Waals surface area contributed by atoms with E-state index in [9.17, 15) is 4.79 Å². The second-order valence-electron chi connectivity index (χ2n) is 6.10. The highest BCUT2D eigenvalue weighted by Gasteiger charge is 2.51. The summed E-state index contributed by atoms with van der Waals surface area (Å²) in [6, 6.07) is 9.10. The van der Waals surface area contributed by atoms with Gasteiger partial charge in [-0.05, 0) is 45.3 Å². The topological polar surface area (TPSA) is 71.3 Å². The SMILES string of the molecule is CC1(C)OB(c2cccc(NC(=O)CC#N)c2)OC1(C)C. The number of nitrogens with zero attached hydrogens (tertiary/aromatic N) is 1. The summed E-state index contributed by atoms with van der Waals surface area (Å²) in [7, 11) is -0.470. The van der Waals surface area contributed by atoms with Crippen LogP contribution in [0.3, 0.4) is 0 Å². The summed E-state index contributed by atoms with van der Waals surface area (Å²) in [5.41, 5.74) is 0.654. The van der Waals surface area contributed by atoms with Gasteiger partial charge in [0.1, 0.15) is 6.42 Å². The first-order valence-electron chi connectivity index (χ1n) is 6.87. The molecular weight excluding hydrogens is 267 g/mol. The van der Waals surface area contributed by atoms with E-state index in [1.54, 1.807) is 12.1 Å². The number of nitrogens with one attached hydrogen (secondary N) is 1. The molecule has 1 aromatic rings. The van der Waals surface area contributed by atoms with Crippen LogP contribution in [0.4, 0.5) is 5.69 Å². The minimum Gasteiger partial charge on any atom is -0.399 e. The van der Waals surface area contributed by atoms with Crippen molar-refractivity contribution in [3.8, 4) is 6.07 Å². The van der Waals surface area contributed by atoms with E-state index in [1.807, 2.05) is 45.9 Å². The van der Waals surface area contributed by atoms with Crippen LogP contribution in [0.1, 0.15) is 34.1 Å². The molecule has 0 unspecified atom stereocenters. The number of carbonyl (C=O) groups is 1. The van der Waals surface area contributed by atoms with Gasteiger partial charge in [-0.15, -0.1) is 0 Å². The van der Waals surface area contributed by atoms with Gasteiger partial charge in [0.2, 0.25) is 5.91 Å². The first kappa shape index (κ1) is 15.6. The Balaban J connectivity index is 2.16. The number of nitriles is 1. The maximum Gasteiger partial charge on any atom is 0.494 e. The Morgan fingerprint density at radius 2 is 1.90 bits per heavy atom. The number of hydrogen-bond acceptors (Lipinski definition) is 4. The molecule has 0 aliphatic carbocycles. The van der Waals surface area contributed by atoms with Gasteiger partial charge in [-0.25, -0.2) is 0 Å². The molecule has 5 nitrogen and oxygen atoms in total. The monoisotopic (exact) mass is 286 g/mol. The number of amides is 1. The zero-order valence-electron chi connectivity index (χ0n) is 12.8. The third-order valence-corrected chi connectivity index (χ3v) is 3.94. The summed E-state index contributed by atoms with van der Waals surface area (Å²) in [4.78, 5) is 11.5. The molecule has 0 spiro atoms. The van der Waals surface area contributed by atoms with Gasteiger partial charge in [0.25, 0.3) is 0 Å². The molecule has 6 heteroatoms. The highest BCUT2D eigenvalue weighted by Crippen LogP contribution is 2.36. The minimum absolute atomic E-state index is 0.166. The Hall–Kier alpha value is -1.84. The first-order valence-corrected chi connectivity index (χ1v) is 6.87. The Morgan fingerprint density at radius 1 is 1.29 bits per heavy atom. The number of carbonyl (C=O) groups excluding carboxylic acids is 1. The lowest BCUT2D eigenvalue weighted by Crippen LogP contribution is -2.41. The van der Waals surface area contributed by atoms with Gasteiger partial charge < -0.3 is 14.6 Å². The second-order valence-corrected chi connectivity index (χ2v) is 6.10. The largest absolute Gasteiger partial charge is 0.494 e. The van der Waals surface area contributed by atoms with E-state index < -0.39 is 18.3 Å². The van der Waals surface area contributed by atoms with Crippen molar-refractivity contribution in [2.24, 2.45) is 0 Å². The van der Waals surface area contributed by atoms with Gasteiger partial charge in [0.05, 0.1) is 17.3 Å². The number of hydrogen-bond donors (Lipinski definition) is 1. The molecule has 1 aromatic carbocycles. The van der Waals surface area contributed by atoms with Gasteiger partial charge >= 0.3 is 7.12 Å². The van der Waals surface area contributed by atoms with Crippen molar-refractivity contribution in [1.82, 2.24) is 0 Å². The van der Waals surface area contributed by atoms with E-state index in [-0.39, 0.29) is 12.3 Å². The van der Waals surface area contributed by atoms with Crippen LogP contribution in [0.5, 0.6) is 0 Å². The standard InChI is InChI=1S/C15H19BN2O3/c1-14(2)15(3,4)21-16(20-14)11-6-5-7-12(10-11)18-13(19)8-9-17/h5-7,10H,8H2,1-4H3,(H,18,19). The molecule has 0 saturated carbocycles. The summed E-state index contributed by atoms with van der Waals surface area (Å²) in [6.45, 7) is 7.97. The molecule has 1 saturated heterocycles. The van der Waals surface area contributed by atoms with Crippen molar-refractivity contribution in [1.29, 1.82) is 5.26 Å². The van der Waals surface area contributed by atoms with Gasteiger partial charge in [-0.2, -0.15) is 5.26 Å². The zero-order valence-corrected chi connectivity index (χ0v) is 12.8. The summed E-state index contributed by atoms with van der Waals surface area (Å²) in [5.74, 6) is -0.330. The molecular formula is C15H19BN2O3. The van der Waals surface area contributed by atoms with Crippen LogP contribution in [-0.4, -0.2) is 24.2 Å². The van der Waals surface area contributed by atoms with Crippen LogP contribution in [0.2, 0.25) is 0 Å². The fourth-order valence-corrected chi connectivity index (χ4v) is 2.02. The van der Waals surface area contributed by atoms with Crippen LogP contribution in [0.25, 0.3) is 0 Å². The van der Waals surface area contributed by atoms with Crippen LogP contribution < -0.4 is 10.8 Å². The van der Waals surface area contributed by atoms with Crippen molar-refractivity contribution in [2.75, 3.05) is 5.32 Å². The van der Waals surface area contributed by atoms with E-state index >= 15 is 0 Å². The fourth-order valence-electron chi connectivity index (χ4n) is 2.02. The van der Waals surface area contributed by atoms with Crippen molar-refractivity contribution in [2.45, 2.75) is 45.3 Å². The molecule has 0 atom stereocenters. The Morgan fingerprint density at radius 3 is 2.48 bits per heavy atom. The normalized spacial score (nSPS) is 19.1. The van der Waals surface area contributed by atoms with Gasteiger partial charge in [0.15, 0.2) is 0 Å². The van der Waals surface area contributed by atoms with Crippen LogP contribution in [0.15, 0.2) is 24.3 Å². The molecule has 2 rings (SSSR count). The summed E-state index contributed by atoms with van der Waals surface area (Å²) in [6.07, 6.45) is -0.166. The average molecular weight is 286 g/mol. The first-order chi connectivity index (χ1) is 9.75. The molecule has 110 valence electrons. The second kappa shape index (κ2) is 5.51. The molecule has 0 bridgehead atoms. The van der Waals surface area contributed by atoms with Crippen LogP contribution in [-0.2, 0) is 14.1 Å². The smallest absolute Gasteiger partial charge is 0.399 e. The van der Waals surface area contributed by atoms with E-state index in [1.165, 1.54) is 0 Å². The van der Waals surface area contributed by atoms with E-state index in [4.69, 9.17) is 14.6 Å². The van der Waals surface area contributed by atoms with Crippen molar-refractivity contribution >= 4 is 24.2 Å². The lowest BCUT2D eigenvalue weighted by Gasteiger charge is -2.32. The molecule has 21 heavy (non-hydrogen) atoms. The van der Waals surface area contributed by atoms with Gasteiger partial charge in [-0.3, -0.25) is 4.79 Å². The molecule has 1 amide bonds. The molecule has 1 heterocycles. The maximum atomic E-state index is 11.5. The summed E-state index contributed by atoms with van der Waals surface area (Å²) < 4.78 is 11.9. The Bertz CT molecular complexity index is 577. The Labute approximate surface area is 125 Å². The number of anilines is 1. The predicted octanol–water partition coefficient (Wildman–Crippen LogP) is 1.84. The number of benzene rings is 1. The lowest BCUT2D eigenvalue weighted by atomic mass is 9.79. The quantitative estimate of drug-likeness (QED) is 0.861. The highest BCUT2D eigenvalue weighted by atomic mass is 16.7. The summed E-state index contributed by atoms with van der Waals surface area (Å²) in [5, 5.41) is 11.2. The number of rotatable bonds is 3. The van der Waals surface area contributed by atoms with Crippen molar-refractivity contribution in [3.63, 3.8) is 0 Å².